The van der Waals surface area contributed by atoms with Crippen LogP contribution < -0.4 is 10.6 Å². The van der Waals surface area contributed by atoms with Crippen molar-refractivity contribution in [2.24, 2.45) is 0 Å². The Balaban J connectivity index is 1.45. The van der Waals surface area contributed by atoms with Crippen molar-refractivity contribution in [1.82, 2.24) is 20.1 Å². The van der Waals surface area contributed by atoms with Crippen molar-refractivity contribution in [2.45, 2.75) is 32.4 Å². The van der Waals surface area contributed by atoms with Crippen molar-refractivity contribution < 1.29 is 14.3 Å². The van der Waals surface area contributed by atoms with Crippen molar-refractivity contribution in [1.29, 1.82) is 0 Å². The summed E-state index contributed by atoms with van der Waals surface area (Å²) < 4.78 is 7.36. The summed E-state index contributed by atoms with van der Waals surface area (Å²) in [5.41, 5.74) is 3.51. The number of aryl methyl sites for hydroxylation is 1. The van der Waals surface area contributed by atoms with Gasteiger partial charge in [-0.05, 0) is 38.0 Å². The second kappa shape index (κ2) is 10.1. The lowest BCUT2D eigenvalue weighted by Crippen LogP contribution is -2.32. The Morgan fingerprint density at radius 1 is 1.06 bits per heavy atom. The van der Waals surface area contributed by atoms with Gasteiger partial charge in [0.25, 0.3) is 11.8 Å². The highest BCUT2D eigenvalue weighted by molar-refractivity contribution is 6.14. The van der Waals surface area contributed by atoms with E-state index in [4.69, 9.17) is 9.72 Å². The molecule has 1 aliphatic rings. The Kier molecular flexibility index (Phi) is 6.54. The van der Waals surface area contributed by atoms with E-state index < -0.39 is 0 Å². The van der Waals surface area contributed by atoms with Gasteiger partial charge in [-0.3, -0.25) is 9.59 Å². The largest absolute Gasteiger partial charge is 0.376 e. The van der Waals surface area contributed by atoms with Crippen LogP contribution in [0.4, 0.5) is 5.69 Å². The number of carbonyl (C=O) groups is 2. The highest BCUT2D eigenvalue weighted by atomic mass is 16.5. The SMILES string of the molecule is CCn1ncc2c(C(=O)Nc3ccccc3C(=O)NCC3CCCO3)cc(-c3ccccc3)nc21. The number of aromatic nitrogens is 3. The summed E-state index contributed by atoms with van der Waals surface area (Å²) in [5, 5.41) is 10.9. The van der Waals surface area contributed by atoms with Gasteiger partial charge in [0.15, 0.2) is 5.65 Å². The minimum absolute atomic E-state index is 0.0392. The highest BCUT2D eigenvalue weighted by Gasteiger charge is 2.21. The molecule has 2 amide bonds. The topological polar surface area (TPSA) is 98.1 Å². The first-order chi connectivity index (χ1) is 17.1. The van der Waals surface area contributed by atoms with E-state index in [2.05, 4.69) is 15.7 Å². The summed E-state index contributed by atoms with van der Waals surface area (Å²) in [6.07, 6.45) is 3.65. The normalized spacial score (nSPS) is 15.3. The third kappa shape index (κ3) is 4.79. The maximum Gasteiger partial charge on any atom is 0.256 e. The van der Waals surface area contributed by atoms with Gasteiger partial charge < -0.3 is 15.4 Å². The molecule has 35 heavy (non-hydrogen) atoms. The van der Waals surface area contributed by atoms with Crippen molar-refractivity contribution in [3.05, 3.63) is 78.0 Å². The third-order valence-electron chi connectivity index (χ3n) is 6.16. The van der Waals surface area contributed by atoms with E-state index in [-0.39, 0.29) is 17.9 Å². The maximum atomic E-state index is 13.5. The molecule has 1 atom stereocenters. The van der Waals surface area contributed by atoms with E-state index >= 15 is 0 Å². The van der Waals surface area contributed by atoms with Crippen molar-refractivity contribution in [3.63, 3.8) is 0 Å². The summed E-state index contributed by atoms with van der Waals surface area (Å²) >= 11 is 0. The number of pyridine rings is 1. The molecule has 5 rings (SSSR count). The fourth-order valence-electron chi connectivity index (χ4n) is 4.31. The quantitative estimate of drug-likeness (QED) is 0.421. The predicted molar refractivity (Wildman–Crippen MR) is 134 cm³/mol. The number of anilines is 1. The van der Waals surface area contributed by atoms with Crippen LogP contribution in [0.15, 0.2) is 66.9 Å². The lowest BCUT2D eigenvalue weighted by Gasteiger charge is -2.14. The molecule has 2 aromatic heterocycles. The number of amides is 2. The Morgan fingerprint density at radius 3 is 2.63 bits per heavy atom. The molecule has 2 aromatic carbocycles. The minimum atomic E-state index is -0.329. The molecule has 8 nitrogen and oxygen atoms in total. The summed E-state index contributed by atoms with van der Waals surface area (Å²) in [4.78, 5) is 31.2. The van der Waals surface area contributed by atoms with Gasteiger partial charge in [0.1, 0.15) is 0 Å². The molecule has 0 radical (unpaired) electrons. The molecule has 178 valence electrons. The summed E-state index contributed by atoms with van der Waals surface area (Å²) in [7, 11) is 0. The van der Waals surface area contributed by atoms with Gasteiger partial charge in [0, 0.05) is 25.3 Å². The second-order valence-corrected chi connectivity index (χ2v) is 8.46. The number of rotatable bonds is 7. The van der Waals surface area contributed by atoms with E-state index in [1.807, 2.05) is 37.3 Å². The first-order valence-electron chi connectivity index (χ1n) is 11.9. The first-order valence-corrected chi connectivity index (χ1v) is 11.9. The lowest BCUT2D eigenvalue weighted by molar-refractivity contribution is 0.0858. The summed E-state index contributed by atoms with van der Waals surface area (Å²) in [6.45, 7) is 3.79. The molecule has 1 saturated heterocycles. The average Bonchev–Trinajstić information content (AvgIpc) is 3.57. The number of nitrogens with zero attached hydrogens (tertiary/aromatic N) is 3. The zero-order valence-electron chi connectivity index (χ0n) is 19.5. The van der Waals surface area contributed by atoms with Crippen LogP contribution in [-0.2, 0) is 11.3 Å². The average molecular weight is 470 g/mol. The molecule has 1 fully saturated rings. The van der Waals surface area contributed by atoms with Gasteiger partial charge in [-0.2, -0.15) is 5.10 Å². The number of fused-ring (bicyclic) bond motifs is 1. The van der Waals surface area contributed by atoms with Gasteiger partial charge in [-0.15, -0.1) is 0 Å². The zero-order chi connectivity index (χ0) is 24.2. The molecule has 0 bridgehead atoms. The van der Waals surface area contributed by atoms with Crippen molar-refractivity contribution in [2.75, 3.05) is 18.5 Å². The summed E-state index contributed by atoms with van der Waals surface area (Å²) in [5.74, 6) is -0.579. The van der Waals surface area contributed by atoms with Crippen LogP contribution >= 0.6 is 0 Å². The minimum Gasteiger partial charge on any atom is -0.376 e. The van der Waals surface area contributed by atoms with Crippen LogP contribution in [0.5, 0.6) is 0 Å². The van der Waals surface area contributed by atoms with Gasteiger partial charge in [0.05, 0.1) is 40.2 Å². The fraction of sp³-hybridized carbons (Fsp3) is 0.259. The molecule has 1 aliphatic heterocycles. The standard InChI is InChI=1S/C27H27N5O3/c1-2-32-25-22(17-29-32)21(15-24(30-25)18-9-4-3-5-10-18)27(34)31-23-13-7-6-12-20(23)26(33)28-16-19-11-8-14-35-19/h3-7,9-10,12-13,15,17,19H,2,8,11,14,16H2,1H3,(H,28,33)(H,31,34). The number of nitrogens with one attached hydrogen (secondary N) is 2. The van der Waals surface area contributed by atoms with Crippen LogP contribution in [0.25, 0.3) is 22.3 Å². The number of hydrogen-bond acceptors (Lipinski definition) is 5. The number of para-hydroxylation sites is 1. The Labute approximate surface area is 203 Å². The molecular weight excluding hydrogens is 442 g/mol. The highest BCUT2D eigenvalue weighted by Crippen LogP contribution is 2.26. The van der Waals surface area contributed by atoms with E-state index in [0.29, 0.717) is 46.6 Å². The van der Waals surface area contributed by atoms with Gasteiger partial charge in [-0.25, -0.2) is 9.67 Å². The monoisotopic (exact) mass is 469 g/mol. The molecule has 4 aromatic rings. The Morgan fingerprint density at radius 2 is 1.86 bits per heavy atom. The fourth-order valence-corrected chi connectivity index (χ4v) is 4.31. The van der Waals surface area contributed by atoms with Gasteiger partial charge >= 0.3 is 0 Å². The second-order valence-electron chi connectivity index (χ2n) is 8.46. The summed E-state index contributed by atoms with van der Waals surface area (Å²) in [6, 6.07) is 18.5. The van der Waals surface area contributed by atoms with Crippen molar-refractivity contribution >= 4 is 28.5 Å². The molecule has 0 aliphatic carbocycles. The van der Waals surface area contributed by atoms with E-state index in [1.54, 1.807) is 41.2 Å². The lowest BCUT2D eigenvalue weighted by atomic mass is 10.1. The molecular formula is C27H27N5O3. The molecule has 2 N–H and O–H groups in total. The molecule has 0 spiro atoms. The predicted octanol–water partition coefficient (Wildman–Crippen LogP) is 4.28. The molecule has 8 heteroatoms. The van der Waals surface area contributed by atoms with Gasteiger partial charge in [-0.1, -0.05) is 42.5 Å². The van der Waals surface area contributed by atoms with E-state index in [0.717, 1.165) is 25.0 Å². The molecule has 0 saturated carbocycles. The molecule has 1 unspecified atom stereocenters. The van der Waals surface area contributed by atoms with E-state index in [1.165, 1.54) is 0 Å². The van der Waals surface area contributed by atoms with Crippen LogP contribution in [-0.4, -0.2) is 45.8 Å². The van der Waals surface area contributed by atoms with Crippen LogP contribution in [0, 0.1) is 0 Å². The number of benzene rings is 2. The maximum absolute atomic E-state index is 13.5. The van der Waals surface area contributed by atoms with Crippen LogP contribution in [0.2, 0.25) is 0 Å². The number of ether oxygens (including phenoxy) is 1. The Bertz CT molecular complexity index is 1360. The van der Waals surface area contributed by atoms with Crippen LogP contribution in [0.1, 0.15) is 40.5 Å². The number of hydrogen-bond donors (Lipinski definition) is 2. The van der Waals surface area contributed by atoms with Crippen molar-refractivity contribution in [3.8, 4) is 11.3 Å². The smallest absolute Gasteiger partial charge is 0.256 e. The van der Waals surface area contributed by atoms with Gasteiger partial charge in [0.2, 0.25) is 0 Å². The number of carbonyl (C=O) groups excluding carboxylic acids is 2. The van der Waals surface area contributed by atoms with E-state index in [9.17, 15) is 9.59 Å². The van der Waals surface area contributed by atoms with Crippen LogP contribution in [0.3, 0.4) is 0 Å². The third-order valence-corrected chi connectivity index (χ3v) is 6.16. The molecule has 3 heterocycles. The zero-order valence-corrected chi connectivity index (χ0v) is 19.5. The first kappa shape index (κ1) is 22.7. The Hall–Kier alpha value is -4.04.